The van der Waals surface area contributed by atoms with E-state index in [2.05, 4.69) is 10.2 Å². The number of hydrogen-bond donors (Lipinski definition) is 1. The van der Waals surface area contributed by atoms with Crippen molar-refractivity contribution < 1.29 is 4.92 Å². The number of nitrogens with one attached hydrogen (secondary N) is 1. The summed E-state index contributed by atoms with van der Waals surface area (Å²) < 4.78 is 1.45. The van der Waals surface area contributed by atoms with Crippen molar-refractivity contribution in [3.8, 4) is 6.07 Å². The topological polar surface area (TPSA) is 118 Å². The molecule has 0 bridgehead atoms. The van der Waals surface area contributed by atoms with Crippen LogP contribution in [0.25, 0.3) is 0 Å². The van der Waals surface area contributed by atoms with Gasteiger partial charge < -0.3 is 0 Å². The summed E-state index contributed by atoms with van der Waals surface area (Å²) in [6.45, 7) is 3.67. The van der Waals surface area contributed by atoms with E-state index in [4.69, 9.17) is 5.26 Å². The van der Waals surface area contributed by atoms with Gasteiger partial charge in [-0.3, -0.25) is 14.7 Å². The number of hydrogen-bond acceptors (Lipinski definition) is 6. The Labute approximate surface area is 123 Å². The van der Waals surface area contributed by atoms with Gasteiger partial charge in [-0.25, -0.2) is 9.89 Å². The van der Waals surface area contributed by atoms with E-state index in [0.717, 1.165) is 11.8 Å². The molecule has 0 spiro atoms. The zero-order valence-electron chi connectivity index (χ0n) is 11.2. The summed E-state index contributed by atoms with van der Waals surface area (Å²) in [7, 11) is 0. The first-order chi connectivity index (χ1) is 9.93. The molecule has 21 heavy (non-hydrogen) atoms. The molecule has 0 unspecified atom stereocenters. The number of benzene rings is 1. The molecule has 2 rings (SSSR count). The molecule has 0 aliphatic carbocycles. The van der Waals surface area contributed by atoms with E-state index in [0.29, 0.717) is 10.1 Å². The maximum atomic E-state index is 11.6. The van der Waals surface area contributed by atoms with E-state index >= 15 is 0 Å². The molecule has 0 saturated carbocycles. The molecule has 8 nitrogen and oxygen atoms in total. The molecule has 9 heteroatoms. The number of nitrogens with zero attached hydrogens (tertiary/aromatic N) is 4. The van der Waals surface area contributed by atoms with E-state index in [9.17, 15) is 14.9 Å². The average molecular weight is 305 g/mol. The van der Waals surface area contributed by atoms with E-state index in [1.807, 2.05) is 19.9 Å². The Bertz CT molecular complexity index is 787. The highest BCUT2D eigenvalue weighted by atomic mass is 32.2. The van der Waals surface area contributed by atoms with E-state index in [-0.39, 0.29) is 23.0 Å². The summed E-state index contributed by atoms with van der Waals surface area (Å²) in [5.41, 5.74) is -0.327. The maximum Gasteiger partial charge on any atom is 0.344 e. The Hall–Kier alpha value is -2.60. The standard InChI is InChI=1S/C12H11N5O3S/c1-7(2)16-11(18)14-15-12(16)21-10-4-3-9(17(19)20)5-8(10)6-13/h3-5,7H,1-2H3,(H,14,18). The first kappa shape index (κ1) is 14.8. The number of non-ortho nitro benzene ring substituents is 1. The molecule has 0 fully saturated rings. The largest absolute Gasteiger partial charge is 0.344 e. The van der Waals surface area contributed by atoms with Crippen molar-refractivity contribution in [2.24, 2.45) is 0 Å². The maximum absolute atomic E-state index is 11.6. The molecule has 0 atom stereocenters. The third-order valence-corrected chi connectivity index (χ3v) is 3.73. The number of nitro groups is 1. The molecule has 1 heterocycles. The molecule has 0 amide bonds. The minimum Gasteiger partial charge on any atom is -0.267 e. The number of nitro benzene ring substituents is 1. The quantitative estimate of drug-likeness (QED) is 0.682. The molecular formula is C12H11N5O3S. The average Bonchev–Trinajstić information content (AvgIpc) is 2.80. The number of rotatable bonds is 4. The third-order valence-electron chi connectivity index (χ3n) is 2.68. The van der Waals surface area contributed by atoms with E-state index in [1.54, 1.807) is 0 Å². The number of aromatic amines is 1. The van der Waals surface area contributed by atoms with Gasteiger partial charge in [0.25, 0.3) is 5.69 Å². The molecule has 108 valence electrons. The van der Waals surface area contributed by atoms with Gasteiger partial charge >= 0.3 is 5.69 Å². The summed E-state index contributed by atoms with van der Waals surface area (Å²) in [6, 6.07) is 5.81. The third kappa shape index (κ3) is 2.95. The van der Waals surface area contributed by atoms with Gasteiger partial charge in [-0.05, 0) is 31.7 Å². The van der Waals surface area contributed by atoms with Crippen LogP contribution < -0.4 is 5.69 Å². The lowest BCUT2D eigenvalue weighted by molar-refractivity contribution is -0.384. The molecule has 2 aromatic rings. The van der Waals surface area contributed by atoms with Crippen molar-refractivity contribution in [2.45, 2.75) is 29.9 Å². The van der Waals surface area contributed by atoms with Crippen LogP contribution in [0.4, 0.5) is 5.69 Å². The Balaban J connectivity index is 2.43. The van der Waals surface area contributed by atoms with Crippen molar-refractivity contribution in [3.05, 3.63) is 44.4 Å². The Kier molecular flexibility index (Phi) is 4.09. The molecule has 0 aliphatic heterocycles. The molecule has 0 saturated heterocycles. The lowest BCUT2D eigenvalue weighted by atomic mass is 10.2. The van der Waals surface area contributed by atoms with E-state index in [1.165, 1.54) is 22.8 Å². The summed E-state index contributed by atoms with van der Waals surface area (Å²) in [5.74, 6) is 0. The van der Waals surface area contributed by atoms with Gasteiger partial charge in [-0.15, -0.1) is 5.10 Å². The molecule has 1 N–H and O–H groups in total. The highest BCUT2D eigenvalue weighted by molar-refractivity contribution is 7.99. The molecule has 0 aliphatic rings. The Morgan fingerprint density at radius 2 is 2.24 bits per heavy atom. The van der Waals surface area contributed by atoms with Gasteiger partial charge in [-0.1, -0.05) is 0 Å². The van der Waals surface area contributed by atoms with Crippen LogP contribution in [0, 0.1) is 21.4 Å². The second kappa shape index (κ2) is 5.80. The lowest BCUT2D eigenvalue weighted by Gasteiger charge is -2.08. The molecular weight excluding hydrogens is 294 g/mol. The highest BCUT2D eigenvalue weighted by Crippen LogP contribution is 2.31. The van der Waals surface area contributed by atoms with Gasteiger partial charge in [0.2, 0.25) is 0 Å². The minimum atomic E-state index is -0.562. The zero-order valence-corrected chi connectivity index (χ0v) is 12.0. The zero-order chi connectivity index (χ0) is 15.6. The summed E-state index contributed by atoms with van der Waals surface area (Å²) >= 11 is 1.11. The van der Waals surface area contributed by atoms with Crippen LogP contribution in [0.3, 0.4) is 0 Å². The summed E-state index contributed by atoms with van der Waals surface area (Å²) in [5, 5.41) is 26.5. The van der Waals surface area contributed by atoms with Crippen LogP contribution in [0.1, 0.15) is 25.5 Å². The van der Waals surface area contributed by atoms with Crippen LogP contribution in [0.5, 0.6) is 0 Å². The number of H-pyrrole nitrogens is 1. The molecule has 1 aromatic carbocycles. The van der Waals surface area contributed by atoms with Gasteiger partial charge in [0, 0.05) is 23.1 Å². The van der Waals surface area contributed by atoms with Crippen molar-refractivity contribution in [3.63, 3.8) is 0 Å². The van der Waals surface area contributed by atoms with Crippen LogP contribution in [-0.4, -0.2) is 19.7 Å². The van der Waals surface area contributed by atoms with E-state index < -0.39 is 4.92 Å². The van der Waals surface area contributed by atoms with Crippen molar-refractivity contribution in [1.82, 2.24) is 14.8 Å². The first-order valence-corrected chi connectivity index (χ1v) is 6.79. The first-order valence-electron chi connectivity index (χ1n) is 5.97. The lowest BCUT2D eigenvalue weighted by Crippen LogP contribution is -2.19. The summed E-state index contributed by atoms with van der Waals surface area (Å²) in [4.78, 5) is 22.3. The number of aromatic nitrogens is 3. The second-order valence-corrected chi connectivity index (χ2v) is 5.44. The van der Waals surface area contributed by atoms with Crippen molar-refractivity contribution in [1.29, 1.82) is 5.26 Å². The Morgan fingerprint density at radius 3 is 2.81 bits per heavy atom. The normalized spacial score (nSPS) is 10.6. The molecule has 1 aromatic heterocycles. The van der Waals surface area contributed by atoms with Gasteiger partial charge in [0.05, 0.1) is 10.5 Å². The predicted molar refractivity (Wildman–Crippen MR) is 75.2 cm³/mol. The van der Waals surface area contributed by atoms with Crippen LogP contribution in [-0.2, 0) is 0 Å². The smallest absolute Gasteiger partial charge is 0.267 e. The Morgan fingerprint density at radius 1 is 1.52 bits per heavy atom. The van der Waals surface area contributed by atoms with Gasteiger partial charge in [0.1, 0.15) is 6.07 Å². The van der Waals surface area contributed by atoms with Crippen molar-refractivity contribution >= 4 is 17.4 Å². The fourth-order valence-electron chi connectivity index (χ4n) is 1.72. The predicted octanol–water partition coefficient (Wildman–Crippen LogP) is 2.08. The fraction of sp³-hybridized carbons (Fsp3) is 0.250. The SMILES string of the molecule is CC(C)n1c(Sc2ccc([N+](=O)[O-])cc2C#N)n[nH]c1=O. The van der Waals surface area contributed by atoms with Crippen LogP contribution in [0.15, 0.2) is 33.0 Å². The second-order valence-electron chi connectivity index (χ2n) is 4.43. The highest BCUT2D eigenvalue weighted by Gasteiger charge is 2.16. The summed E-state index contributed by atoms with van der Waals surface area (Å²) in [6.07, 6.45) is 0. The monoisotopic (exact) mass is 305 g/mol. The number of nitriles is 1. The minimum absolute atomic E-state index is 0.0951. The van der Waals surface area contributed by atoms with Crippen LogP contribution >= 0.6 is 11.8 Å². The fourth-order valence-corrected chi connectivity index (χ4v) is 2.75. The molecule has 0 radical (unpaired) electrons. The van der Waals surface area contributed by atoms with Crippen LogP contribution in [0.2, 0.25) is 0 Å². The van der Waals surface area contributed by atoms with Crippen molar-refractivity contribution in [2.75, 3.05) is 0 Å². The van der Waals surface area contributed by atoms with Gasteiger partial charge in [-0.2, -0.15) is 5.26 Å². The van der Waals surface area contributed by atoms with Gasteiger partial charge in [0.15, 0.2) is 5.16 Å².